The molecule has 0 aromatic rings. The number of allylic oxidation sites excluding steroid dienone is 14. The Morgan fingerprint density at radius 1 is 0.280 bits per heavy atom. The van der Waals surface area contributed by atoms with Gasteiger partial charge in [-0.2, -0.15) is 0 Å². The lowest BCUT2D eigenvalue weighted by Crippen LogP contribution is -2.30. The molecule has 0 saturated heterocycles. The quantitative estimate of drug-likeness (QED) is 0.0261. The van der Waals surface area contributed by atoms with Gasteiger partial charge < -0.3 is 14.2 Å². The summed E-state index contributed by atoms with van der Waals surface area (Å²) in [6, 6.07) is 0. The molecular formula is C69H120O6. The summed E-state index contributed by atoms with van der Waals surface area (Å²) in [6.45, 7) is 6.53. The Kier molecular flexibility index (Phi) is 60.3. The Morgan fingerprint density at radius 2 is 0.520 bits per heavy atom. The maximum absolute atomic E-state index is 12.9. The van der Waals surface area contributed by atoms with E-state index in [9.17, 15) is 14.4 Å². The van der Waals surface area contributed by atoms with Gasteiger partial charge in [0, 0.05) is 19.3 Å². The van der Waals surface area contributed by atoms with E-state index in [4.69, 9.17) is 14.2 Å². The molecule has 0 aliphatic carbocycles. The number of hydrogen-bond donors (Lipinski definition) is 0. The summed E-state index contributed by atoms with van der Waals surface area (Å²) in [5, 5.41) is 0. The van der Waals surface area contributed by atoms with Gasteiger partial charge in [-0.15, -0.1) is 0 Å². The normalized spacial score (nSPS) is 12.6. The van der Waals surface area contributed by atoms with Crippen molar-refractivity contribution in [3.8, 4) is 0 Å². The molecule has 0 heterocycles. The first-order valence-corrected chi connectivity index (χ1v) is 32.1. The van der Waals surface area contributed by atoms with E-state index in [0.717, 1.165) is 109 Å². The van der Waals surface area contributed by atoms with Gasteiger partial charge >= 0.3 is 17.9 Å². The Morgan fingerprint density at radius 3 is 0.840 bits per heavy atom. The van der Waals surface area contributed by atoms with Crippen LogP contribution in [0.5, 0.6) is 0 Å². The van der Waals surface area contributed by atoms with Gasteiger partial charge in [0.25, 0.3) is 0 Å². The molecular weight excluding hydrogens is 925 g/mol. The fraction of sp³-hybridized carbons (Fsp3) is 0.754. The molecule has 0 spiro atoms. The smallest absolute Gasteiger partial charge is 0.306 e. The van der Waals surface area contributed by atoms with Crippen molar-refractivity contribution < 1.29 is 28.6 Å². The predicted octanol–water partition coefficient (Wildman–Crippen LogP) is 21.9. The second kappa shape index (κ2) is 63.1. The van der Waals surface area contributed by atoms with Crippen LogP contribution in [0.15, 0.2) is 85.1 Å². The Balaban J connectivity index is 4.31. The van der Waals surface area contributed by atoms with E-state index in [2.05, 4.69) is 106 Å². The van der Waals surface area contributed by atoms with Gasteiger partial charge in [-0.05, 0) is 96.3 Å². The molecule has 0 aromatic heterocycles. The number of unbranched alkanes of at least 4 members (excludes halogenated alkanes) is 33. The summed E-state index contributed by atoms with van der Waals surface area (Å²) in [5.41, 5.74) is 0. The fourth-order valence-corrected chi connectivity index (χ4v) is 9.09. The highest BCUT2D eigenvalue weighted by atomic mass is 16.6. The maximum Gasteiger partial charge on any atom is 0.306 e. The first kappa shape index (κ1) is 71.6. The number of hydrogen-bond acceptors (Lipinski definition) is 6. The van der Waals surface area contributed by atoms with E-state index in [0.29, 0.717) is 19.3 Å². The lowest BCUT2D eigenvalue weighted by molar-refractivity contribution is -0.167. The standard InChI is InChI=1S/C69H120O6/c1-4-7-10-13-16-19-22-25-27-29-30-31-32-33-34-35-36-37-38-40-41-44-47-50-53-56-59-62-68(71)74-65-66(64-73-67(70)61-58-55-52-49-46-43-24-21-18-15-12-9-6-3)75-69(72)63-60-57-54-51-48-45-42-39-28-26-23-20-17-14-11-8-5-2/h7,10,16,19,21,24-25,27,30-31,33-34,36-37,66H,4-6,8-9,11-15,17-18,20,22-23,26,28-29,32,35,38-65H2,1-3H3/b10-7-,19-16-,24-21-,27-25-,31-30-,34-33-,37-36-. The highest BCUT2D eigenvalue weighted by molar-refractivity contribution is 5.71. The molecule has 0 N–H and O–H groups in total. The van der Waals surface area contributed by atoms with Crippen molar-refractivity contribution in [3.63, 3.8) is 0 Å². The van der Waals surface area contributed by atoms with Crippen LogP contribution in [-0.4, -0.2) is 37.2 Å². The van der Waals surface area contributed by atoms with Gasteiger partial charge in [-0.25, -0.2) is 0 Å². The lowest BCUT2D eigenvalue weighted by atomic mass is 10.0. The van der Waals surface area contributed by atoms with Crippen LogP contribution < -0.4 is 0 Å². The minimum Gasteiger partial charge on any atom is -0.462 e. The van der Waals surface area contributed by atoms with Crippen LogP contribution in [0, 0.1) is 0 Å². The Hall–Kier alpha value is -3.41. The minimum atomic E-state index is -0.782. The molecule has 0 rings (SSSR count). The molecule has 75 heavy (non-hydrogen) atoms. The van der Waals surface area contributed by atoms with Crippen LogP contribution in [0.1, 0.15) is 316 Å². The van der Waals surface area contributed by atoms with E-state index in [1.807, 2.05) is 0 Å². The maximum atomic E-state index is 12.9. The largest absolute Gasteiger partial charge is 0.462 e. The molecule has 6 nitrogen and oxygen atoms in total. The topological polar surface area (TPSA) is 78.9 Å². The van der Waals surface area contributed by atoms with Crippen LogP contribution in [0.25, 0.3) is 0 Å². The number of ether oxygens (including phenoxy) is 3. The van der Waals surface area contributed by atoms with Gasteiger partial charge in [-0.3, -0.25) is 14.4 Å². The van der Waals surface area contributed by atoms with Crippen LogP contribution in [0.2, 0.25) is 0 Å². The molecule has 0 amide bonds. The number of carbonyl (C=O) groups excluding carboxylic acids is 3. The van der Waals surface area contributed by atoms with Crippen molar-refractivity contribution in [2.24, 2.45) is 0 Å². The Labute approximate surface area is 465 Å². The molecule has 0 aliphatic heterocycles. The summed E-state index contributed by atoms with van der Waals surface area (Å²) < 4.78 is 16.9. The zero-order chi connectivity index (χ0) is 54.3. The molecule has 0 fully saturated rings. The minimum absolute atomic E-state index is 0.0803. The summed E-state index contributed by atoms with van der Waals surface area (Å²) in [4.78, 5) is 38.3. The van der Waals surface area contributed by atoms with E-state index in [-0.39, 0.29) is 31.1 Å². The molecule has 432 valence electrons. The third kappa shape index (κ3) is 61.3. The van der Waals surface area contributed by atoms with Crippen LogP contribution in [-0.2, 0) is 28.6 Å². The van der Waals surface area contributed by atoms with Gasteiger partial charge in [0.15, 0.2) is 6.10 Å². The zero-order valence-corrected chi connectivity index (χ0v) is 49.6. The molecule has 1 unspecified atom stereocenters. The summed E-state index contributed by atoms with van der Waals surface area (Å²) >= 11 is 0. The number of carbonyl (C=O) groups is 3. The predicted molar refractivity (Wildman–Crippen MR) is 325 cm³/mol. The van der Waals surface area contributed by atoms with Crippen LogP contribution in [0.3, 0.4) is 0 Å². The molecule has 0 radical (unpaired) electrons. The number of esters is 3. The van der Waals surface area contributed by atoms with Gasteiger partial charge in [-0.1, -0.05) is 286 Å². The average molecular weight is 1050 g/mol. The third-order valence-electron chi connectivity index (χ3n) is 13.9. The van der Waals surface area contributed by atoms with E-state index in [1.54, 1.807) is 0 Å². The second-order valence-corrected chi connectivity index (χ2v) is 21.3. The highest BCUT2D eigenvalue weighted by Gasteiger charge is 2.19. The van der Waals surface area contributed by atoms with Crippen molar-refractivity contribution in [1.29, 1.82) is 0 Å². The SMILES string of the molecule is CC/C=C\C/C=C\C/C=C\C/C=C\C/C=C\C/C=C\CCCCCCCCCCC(=O)OCC(COC(=O)CCCCCCC/C=C\CCCCCC)OC(=O)CCCCCCCCCCCCCCCCCCC. The second-order valence-electron chi connectivity index (χ2n) is 21.3. The van der Waals surface area contributed by atoms with Gasteiger partial charge in [0.1, 0.15) is 13.2 Å². The van der Waals surface area contributed by atoms with Crippen molar-refractivity contribution in [2.75, 3.05) is 13.2 Å². The van der Waals surface area contributed by atoms with E-state index in [1.165, 1.54) is 167 Å². The van der Waals surface area contributed by atoms with Crippen molar-refractivity contribution >= 4 is 17.9 Å². The van der Waals surface area contributed by atoms with Crippen molar-refractivity contribution in [1.82, 2.24) is 0 Å². The van der Waals surface area contributed by atoms with Gasteiger partial charge in [0.05, 0.1) is 0 Å². The summed E-state index contributed by atoms with van der Waals surface area (Å²) in [7, 11) is 0. The molecule has 1 atom stereocenters. The van der Waals surface area contributed by atoms with Crippen LogP contribution in [0.4, 0.5) is 0 Å². The third-order valence-corrected chi connectivity index (χ3v) is 13.9. The highest BCUT2D eigenvalue weighted by Crippen LogP contribution is 2.17. The summed E-state index contributed by atoms with van der Waals surface area (Å²) in [5.74, 6) is -0.882. The molecule has 0 aliphatic rings. The fourth-order valence-electron chi connectivity index (χ4n) is 9.09. The van der Waals surface area contributed by atoms with Crippen molar-refractivity contribution in [2.45, 2.75) is 322 Å². The monoisotopic (exact) mass is 1040 g/mol. The molecule has 6 heteroatoms. The van der Waals surface area contributed by atoms with Crippen LogP contribution >= 0.6 is 0 Å². The molecule has 0 saturated carbocycles. The number of rotatable bonds is 58. The Bertz CT molecular complexity index is 1430. The zero-order valence-electron chi connectivity index (χ0n) is 49.6. The first-order chi connectivity index (χ1) is 37.0. The average Bonchev–Trinajstić information content (AvgIpc) is 3.41. The van der Waals surface area contributed by atoms with E-state index >= 15 is 0 Å². The van der Waals surface area contributed by atoms with E-state index < -0.39 is 6.10 Å². The summed E-state index contributed by atoms with van der Waals surface area (Å²) in [6.07, 6.45) is 83.0. The lowest BCUT2D eigenvalue weighted by Gasteiger charge is -2.18. The van der Waals surface area contributed by atoms with Gasteiger partial charge in [0.2, 0.25) is 0 Å². The first-order valence-electron chi connectivity index (χ1n) is 32.1. The molecule has 0 aromatic carbocycles. The molecule has 0 bridgehead atoms. The van der Waals surface area contributed by atoms with Crippen molar-refractivity contribution in [3.05, 3.63) is 85.1 Å².